The third-order valence-corrected chi connectivity index (χ3v) is 2.61. The molecule has 0 aliphatic heterocycles. The predicted molar refractivity (Wildman–Crippen MR) is 60.9 cm³/mol. The molecule has 3 aromatic rings. The summed E-state index contributed by atoms with van der Waals surface area (Å²) in [5.41, 5.74) is 3.13. The van der Waals surface area contributed by atoms with Crippen LogP contribution < -0.4 is 0 Å². The Morgan fingerprint density at radius 2 is 2.07 bits per heavy atom. The van der Waals surface area contributed by atoms with Crippen LogP contribution in [0.4, 0.5) is 0 Å². The number of aryl methyl sites for hydroxylation is 2. The van der Waals surface area contributed by atoms with Gasteiger partial charge in [0.1, 0.15) is 5.82 Å². The first kappa shape index (κ1) is 8.41. The highest BCUT2D eigenvalue weighted by Gasteiger charge is 2.04. The van der Waals surface area contributed by atoms with Crippen molar-refractivity contribution in [1.29, 1.82) is 0 Å². The van der Waals surface area contributed by atoms with Gasteiger partial charge in [-0.15, -0.1) is 0 Å². The van der Waals surface area contributed by atoms with Crippen LogP contribution in [0.5, 0.6) is 0 Å². The number of nitrogens with zero attached hydrogens (tertiary/aromatic N) is 2. The Balaban J connectivity index is 2.53. The van der Waals surface area contributed by atoms with Crippen molar-refractivity contribution < 1.29 is 0 Å². The van der Waals surface area contributed by atoms with Crippen LogP contribution in [0.2, 0.25) is 0 Å². The summed E-state index contributed by atoms with van der Waals surface area (Å²) in [4.78, 5) is 12.0. The summed E-state index contributed by atoms with van der Waals surface area (Å²) in [7, 11) is 0. The van der Waals surface area contributed by atoms with Gasteiger partial charge in [0.2, 0.25) is 0 Å². The number of imidazole rings is 1. The maximum Gasteiger partial charge on any atom is 0.104 e. The molecule has 3 rings (SSSR count). The first-order valence-corrected chi connectivity index (χ1v) is 4.96. The van der Waals surface area contributed by atoms with E-state index in [4.69, 9.17) is 0 Å². The lowest BCUT2D eigenvalue weighted by atomic mass is 10.1. The maximum absolute atomic E-state index is 4.40. The number of rotatable bonds is 0. The minimum absolute atomic E-state index is 0.943. The number of H-pyrrole nitrogens is 1. The van der Waals surface area contributed by atoms with Gasteiger partial charge in [0.25, 0.3) is 0 Å². The second kappa shape index (κ2) is 2.79. The van der Waals surface area contributed by atoms with Gasteiger partial charge < -0.3 is 4.98 Å². The van der Waals surface area contributed by atoms with Crippen LogP contribution in [0.15, 0.2) is 24.4 Å². The first-order valence-electron chi connectivity index (χ1n) is 4.96. The molecule has 1 N–H and O–H groups in total. The topological polar surface area (TPSA) is 41.6 Å². The molecule has 3 heteroatoms. The lowest BCUT2D eigenvalue weighted by molar-refractivity contribution is 1.17. The smallest absolute Gasteiger partial charge is 0.104 e. The molecule has 3 nitrogen and oxygen atoms in total. The van der Waals surface area contributed by atoms with Crippen LogP contribution in [0.3, 0.4) is 0 Å². The normalized spacial score (nSPS) is 11.3. The van der Waals surface area contributed by atoms with Crippen LogP contribution in [-0.2, 0) is 0 Å². The fraction of sp³-hybridized carbons (Fsp3) is 0.167. The third kappa shape index (κ3) is 1.20. The highest BCUT2D eigenvalue weighted by molar-refractivity contribution is 6.03. The minimum atomic E-state index is 0.943. The molecule has 0 fully saturated rings. The number of hydrogen-bond acceptors (Lipinski definition) is 2. The van der Waals surface area contributed by atoms with E-state index in [0.717, 1.165) is 27.9 Å². The molecule has 2 heterocycles. The molecule has 0 amide bonds. The highest BCUT2D eigenvalue weighted by Crippen LogP contribution is 2.23. The Morgan fingerprint density at radius 3 is 2.93 bits per heavy atom. The van der Waals surface area contributed by atoms with Crippen LogP contribution in [0.25, 0.3) is 21.8 Å². The fourth-order valence-electron chi connectivity index (χ4n) is 1.93. The largest absolute Gasteiger partial charge is 0.342 e. The SMILES string of the molecule is Cc1cc2ccc3nc(C)[nH]c3c2cn1. The van der Waals surface area contributed by atoms with E-state index in [-0.39, 0.29) is 0 Å². The van der Waals surface area contributed by atoms with Crippen molar-refractivity contribution in [2.24, 2.45) is 0 Å². The van der Waals surface area contributed by atoms with Crippen molar-refractivity contribution in [3.05, 3.63) is 35.9 Å². The van der Waals surface area contributed by atoms with Gasteiger partial charge in [-0.3, -0.25) is 4.98 Å². The molecule has 0 spiro atoms. The number of aromatic nitrogens is 3. The van der Waals surface area contributed by atoms with Crippen molar-refractivity contribution >= 4 is 21.8 Å². The van der Waals surface area contributed by atoms with Gasteiger partial charge in [-0.05, 0) is 31.4 Å². The van der Waals surface area contributed by atoms with Gasteiger partial charge in [0.05, 0.1) is 11.0 Å². The summed E-state index contributed by atoms with van der Waals surface area (Å²) < 4.78 is 0. The van der Waals surface area contributed by atoms with Gasteiger partial charge in [-0.25, -0.2) is 4.98 Å². The van der Waals surface area contributed by atoms with Crippen molar-refractivity contribution in [2.45, 2.75) is 13.8 Å². The van der Waals surface area contributed by atoms with Crippen LogP contribution >= 0.6 is 0 Å². The number of benzene rings is 1. The lowest BCUT2D eigenvalue weighted by Crippen LogP contribution is -1.82. The van der Waals surface area contributed by atoms with E-state index in [1.165, 1.54) is 5.39 Å². The van der Waals surface area contributed by atoms with Gasteiger partial charge >= 0.3 is 0 Å². The molecule has 0 saturated carbocycles. The average Bonchev–Trinajstić information content (AvgIpc) is 2.58. The van der Waals surface area contributed by atoms with E-state index in [0.29, 0.717) is 0 Å². The molecule has 0 radical (unpaired) electrons. The van der Waals surface area contributed by atoms with E-state index in [1.54, 1.807) is 0 Å². The summed E-state index contributed by atoms with van der Waals surface area (Å²) in [6, 6.07) is 6.22. The zero-order valence-electron chi connectivity index (χ0n) is 8.70. The van der Waals surface area contributed by atoms with Gasteiger partial charge in [-0.2, -0.15) is 0 Å². The summed E-state index contributed by atoms with van der Waals surface area (Å²) >= 11 is 0. The molecule has 0 atom stereocenters. The van der Waals surface area contributed by atoms with E-state index >= 15 is 0 Å². The number of fused-ring (bicyclic) bond motifs is 3. The minimum Gasteiger partial charge on any atom is -0.342 e. The standard InChI is InChI=1S/C12H11N3/c1-7-5-9-3-4-11-12(10(9)6-13-7)15-8(2)14-11/h3-6H,1-2H3,(H,14,15). The third-order valence-electron chi connectivity index (χ3n) is 2.61. The van der Waals surface area contributed by atoms with Crippen molar-refractivity contribution in [3.63, 3.8) is 0 Å². The number of hydrogen-bond donors (Lipinski definition) is 1. The summed E-state index contributed by atoms with van der Waals surface area (Å²) in [5, 5.41) is 2.34. The number of aromatic amines is 1. The molecule has 0 bridgehead atoms. The Morgan fingerprint density at radius 1 is 1.20 bits per heavy atom. The molecule has 0 unspecified atom stereocenters. The van der Waals surface area contributed by atoms with Crippen LogP contribution in [0, 0.1) is 13.8 Å². The molecule has 1 aromatic carbocycles. The second-order valence-corrected chi connectivity index (χ2v) is 3.83. The monoisotopic (exact) mass is 197 g/mol. The van der Waals surface area contributed by atoms with Crippen molar-refractivity contribution in [3.8, 4) is 0 Å². The Labute approximate surface area is 87.2 Å². The zero-order chi connectivity index (χ0) is 10.4. The van der Waals surface area contributed by atoms with Gasteiger partial charge in [-0.1, -0.05) is 6.07 Å². The molecule has 0 aliphatic carbocycles. The highest BCUT2D eigenvalue weighted by atomic mass is 14.9. The van der Waals surface area contributed by atoms with E-state index in [9.17, 15) is 0 Å². The summed E-state index contributed by atoms with van der Waals surface area (Å²) in [6.45, 7) is 3.97. The zero-order valence-corrected chi connectivity index (χ0v) is 8.70. The first-order chi connectivity index (χ1) is 7.24. The lowest BCUT2D eigenvalue weighted by Gasteiger charge is -1.99. The Hall–Kier alpha value is -1.90. The number of nitrogens with one attached hydrogen (secondary N) is 1. The van der Waals surface area contributed by atoms with E-state index in [2.05, 4.69) is 27.1 Å². The van der Waals surface area contributed by atoms with Crippen molar-refractivity contribution in [2.75, 3.05) is 0 Å². The van der Waals surface area contributed by atoms with Crippen LogP contribution in [-0.4, -0.2) is 15.0 Å². The summed E-state index contributed by atoms with van der Waals surface area (Å²) in [5.74, 6) is 0.943. The predicted octanol–water partition coefficient (Wildman–Crippen LogP) is 2.73. The van der Waals surface area contributed by atoms with Crippen molar-refractivity contribution in [1.82, 2.24) is 15.0 Å². The molecular weight excluding hydrogens is 186 g/mol. The van der Waals surface area contributed by atoms with Gasteiger partial charge in [0, 0.05) is 17.3 Å². The average molecular weight is 197 g/mol. The molecular formula is C12H11N3. The molecule has 0 saturated heterocycles. The maximum atomic E-state index is 4.40. The number of pyridine rings is 1. The van der Waals surface area contributed by atoms with E-state index < -0.39 is 0 Å². The Bertz CT molecular complexity index is 652. The molecule has 15 heavy (non-hydrogen) atoms. The molecule has 2 aromatic heterocycles. The Kier molecular flexibility index (Phi) is 1.57. The fourth-order valence-corrected chi connectivity index (χ4v) is 1.93. The second-order valence-electron chi connectivity index (χ2n) is 3.83. The quantitative estimate of drug-likeness (QED) is 0.602. The molecule has 0 aliphatic rings. The summed E-state index contributed by atoms with van der Waals surface area (Å²) in [6.07, 6.45) is 1.91. The molecule has 74 valence electrons. The van der Waals surface area contributed by atoms with Gasteiger partial charge in [0.15, 0.2) is 0 Å². The van der Waals surface area contributed by atoms with E-state index in [1.807, 2.05) is 26.1 Å². The van der Waals surface area contributed by atoms with Crippen LogP contribution in [0.1, 0.15) is 11.5 Å².